The molecule has 1 amide bonds. The molecule has 0 bridgehead atoms. The molecule has 0 fully saturated rings. The van der Waals surface area contributed by atoms with Crippen LogP contribution in [0.5, 0.6) is 0 Å². The van der Waals surface area contributed by atoms with Crippen molar-refractivity contribution >= 4 is 17.3 Å². The Kier molecular flexibility index (Phi) is 6.78. The number of nitro benzene ring substituents is 1. The molecule has 0 spiro atoms. The van der Waals surface area contributed by atoms with Gasteiger partial charge in [-0.25, -0.2) is 0 Å². The Morgan fingerprint density at radius 1 is 1.45 bits per heavy atom. The van der Waals surface area contributed by atoms with E-state index < -0.39 is 4.92 Å². The molecule has 122 valence electrons. The van der Waals surface area contributed by atoms with Crippen molar-refractivity contribution in [2.45, 2.75) is 26.7 Å². The third-order valence-corrected chi connectivity index (χ3v) is 3.38. The van der Waals surface area contributed by atoms with Crippen molar-refractivity contribution in [3.8, 4) is 0 Å². The lowest BCUT2D eigenvalue weighted by atomic mass is 9.94. The molecule has 0 aromatic heterocycles. The number of amides is 1. The SMILES string of the molecule is CC(C)CC(CCO)CNC(=O)c1ccc(N)c([N+](=O)[O-])c1. The number of anilines is 1. The molecule has 7 nitrogen and oxygen atoms in total. The van der Waals surface area contributed by atoms with Crippen molar-refractivity contribution in [1.82, 2.24) is 5.32 Å². The monoisotopic (exact) mass is 309 g/mol. The number of carbonyl (C=O) groups excluding carboxylic acids is 1. The number of nitrogens with two attached hydrogens (primary N) is 1. The van der Waals surface area contributed by atoms with Gasteiger partial charge in [0.25, 0.3) is 11.6 Å². The Bertz CT molecular complexity index is 532. The summed E-state index contributed by atoms with van der Waals surface area (Å²) in [6.07, 6.45) is 1.50. The van der Waals surface area contributed by atoms with Crippen molar-refractivity contribution in [2.75, 3.05) is 18.9 Å². The van der Waals surface area contributed by atoms with Gasteiger partial charge in [0.05, 0.1) is 4.92 Å². The van der Waals surface area contributed by atoms with Gasteiger partial charge in [-0.1, -0.05) is 13.8 Å². The molecular weight excluding hydrogens is 286 g/mol. The highest BCUT2D eigenvalue weighted by atomic mass is 16.6. The Labute approximate surface area is 129 Å². The van der Waals surface area contributed by atoms with E-state index in [1.165, 1.54) is 18.2 Å². The lowest BCUT2D eigenvalue weighted by Crippen LogP contribution is -2.30. The number of aliphatic hydroxyl groups is 1. The molecule has 1 atom stereocenters. The van der Waals surface area contributed by atoms with E-state index in [4.69, 9.17) is 10.8 Å². The summed E-state index contributed by atoms with van der Waals surface area (Å²) in [4.78, 5) is 22.3. The maximum Gasteiger partial charge on any atom is 0.292 e. The van der Waals surface area contributed by atoms with Crippen LogP contribution in [0.2, 0.25) is 0 Å². The summed E-state index contributed by atoms with van der Waals surface area (Å²) in [6, 6.07) is 3.99. The van der Waals surface area contributed by atoms with E-state index in [0.29, 0.717) is 18.9 Å². The minimum atomic E-state index is -0.612. The molecular formula is C15H23N3O4. The van der Waals surface area contributed by atoms with Crippen LogP contribution in [0.25, 0.3) is 0 Å². The largest absolute Gasteiger partial charge is 0.396 e. The second-order valence-corrected chi connectivity index (χ2v) is 5.75. The lowest BCUT2D eigenvalue weighted by Gasteiger charge is -2.18. The van der Waals surface area contributed by atoms with Crippen LogP contribution in [0.15, 0.2) is 18.2 Å². The van der Waals surface area contributed by atoms with Gasteiger partial charge in [0.15, 0.2) is 0 Å². The fraction of sp³-hybridized carbons (Fsp3) is 0.533. The molecule has 1 aromatic carbocycles. The van der Waals surface area contributed by atoms with Crippen LogP contribution in [0, 0.1) is 22.0 Å². The van der Waals surface area contributed by atoms with Crippen LogP contribution in [-0.4, -0.2) is 29.1 Å². The average molecular weight is 309 g/mol. The van der Waals surface area contributed by atoms with Crippen molar-refractivity contribution in [2.24, 2.45) is 11.8 Å². The van der Waals surface area contributed by atoms with E-state index in [9.17, 15) is 14.9 Å². The van der Waals surface area contributed by atoms with Gasteiger partial charge in [-0.3, -0.25) is 14.9 Å². The van der Waals surface area contributed by atoms with Gasteiger partial charge in [-0.15, -0.1) is 0 Å². The third-order valence-electron chi connectivity index (χ3n) is 3.38. The van der Waals surface area contributed by atoms with E-state index in [2.05, 4.69) is 19.2 Å². The second kappa shape index (κ2) is 8.33. The van der Waals surface area contributed by atoms with Crippen molar-refractivity contribution in [3.05, 3.63) is 33.9 Å². The molecule has 0 aliphatic rings. The van der Waals surface area contributed by atoms with Gasteiger partial charge >= 0.3 is 0 Å². The van der Waals surface area contributed by atoms with E-state index in [1.54, 1.807) is 0 Å². The van der Waals surface area contributed by atoms with Gasteiger partial charge in [-0.2, -0.15) is 0 Å². The average Bonchev–Trinajstić information content (AvgIpc) is 2.44. The third kappa shape index (κ3) is 5.33. The van der Waals surface area contributed by atoms with E-state index in [-0.39, 0.29) is 35.4 Å². The second-order valence-electron chi connectivity index (χ2n) is 5.75. The molecule has 0 aliphatic carbocycles. The Morgan fingerprint density at radius 2 is 2.14 bits per heavy atom. The summed E-state index contributed by atoms with van der Waals surface area (Å²) >= 11 is 0. The summed E-state index contributed by atoms with van der Waals surface area (Å²) in [5.74, 6) is 0.263. The van der Waals surface area contributed by atoms with Crippen LogP contribution in [0.4, 0.5) is 11.4 Å². The summed E-state index contributed by atoms with van der Waals surface area (Å²) < 4.78 is 0. The topological polar surface area (TPSA) is 118 Å². The highest BCUT2D eigenvalue weighted by Gasteiger charge is 2.17. The number of nitro groups is 1. The first kappa shape index (κ1) is 17.9. The lowest BCUT2D eigenvalue weighted by molar-refractivity contribution is -0.383. The van der Waals surface area contributed by atoms with Crippen LogP contribution in [0.3, 0.4) is 0 Å². The van der Waals surface area contributed by atoms with Gasteiger partial charge in [0.1, 0.15) is 5.69 Å². The Hall–Kier alpha value is -2.15. The number of nitrogens with one attached hydrogen (secondary N) is 1. The number of rotatable bonds is 8. The molecule has 1 aromatic rings. The van der Waals surface area contributed by atoms with Gasteiger partial charge < -0.3 is 16.2 Å². The first-order chi connectivity index (χ1) is 10.3. The molecule has 0 radical (unpaired) electrons. The highest BCUT2D eigenvalue weighted by Crippen LogP contribution is 2.22. The fourth-order valence-corrected chi connectivity index (χ4v) is 2.33. The zero-order valence-corrected chi connectivity index (χ0v) is 12.9. The number of hydrogen-bond acceptors (Lipinski definition) is 5. The molecule has 1 rings (SSSR count). The maximum atomic E-state index is 12.1. The maximum absolute atomic E-state index is 12.1. The van der Waals surface area contributed by atoms with Gasteiger partial charge in [-0.05, 0) is 36.8 Å². The first-order valence-corrected chi connectivity index (χ1v) is 7.28. The number of nitrogens with zero attached hydrogens (tertiary/aromatic N) is 1. The number of hydrogen-bond donors (Lipinski definition) is 3. The quantitative estimate of drug-likeness (QED) is 0.385. The Balaban J connectivity index is 2.72. The van der Waals surface area contributed by atoms with Crippen LogP contribution < -0.4 is 11.1 Å². The van der Waals surface area contributed by atoms with Crippen LogP contribution in [-0.2, 0) is 0 Å². The van der Waals surface area contributed by atoms with Crippen molar-refractivity contribution in [1.29, 1.82) is 0 Å². The molecule has 0 aliphatic heterocycles. The van der Waals surface area contributed by atoms with Crippen LogP contribution in [0.1, 0.15) is 37.0 Å². The van der Waals surface area contributed by atoms with Crippen LogP contribution >= 0.6 is 0 Å². The minimum absolute atomic E-state index is 0.0273. The highest BCUT2D eigenvalue weighted by molar-refractivity contribution is 5.95. The number of benzene rings is 1. The zero-order chi connectivity index (χ0) is 16.7. The summed E-state index contributed by atoms with van der Waals surface area (Å²) in [6.45, 7) is 4.65. The zero-order valence-electron chi connectivity index (χ0n) is 12.9. The molecule has 4 N–H and O–H groups in total. The normalized spacial score (nSPS) is 12.2. The fourth-order valence-electron chi connectivity index (χ4n) is 2.33. The van der Waals surface area contributed by atoms with Crippen molar-refractivity contribution < 1.29 is 14.8 Å². The van der Waals surface area contributed by atoms with Crippen molar-refractivity contribution in [3.63, 3.8) is 0 Å². The number of aliphatic hydroxyl groups excluding tert-OH is 1. The predicted molar refractivity (Wildman–Crippen MR) is 84.5 cm³/mol. The molecule has 0 saturated heterocycles. The molecule has 22 heavy (non-hydrogen) atoms. The Morgan fingerprint density at radius 3 is 2.68 bits per heavy atom. The summed E-state index contributed by atoms with van der Waals surface area (Å²) in [7, 11) is 0. The molecule has 0 saturated carbocycles. The smallest absolute Gasteiger partial charge is 0.292 e. The summed E-state index contributed by atoms with van der Waals surface area (Å²) in [5.41, 5.74) is 5.46. The first-order valence-electron chi connectivity index (χ1n) is 7.28. The van der Waals surface area contributed by atoms with Gasteiger partial charge in [0.2, 0.25) is 0 Å². The minimum Gasteiger partial charge on any atom is -0.396 e. The van der Waals surface area contributed by atoms with E-state index >= 15 is 0 Å². The molecule has 0 heterocycles. The number of nitrogen functional groups attached to an aromatic ring is 1. The number of carbonyl (C=O) groups is 1. The standard InChI is InChI=1S/C15H23N3O4/c1-10(2)7-11(5-6-19)9-17-15(20)12-3-4-13(16)14(8-12)18(21)22/h3-4,8,10-11,19H,5-7,9,16H2,1-2H3,(H,17,20). The predicted octanol–water partition coefficient (Wildman–Crippen LogP) is 1.95. The molecule has 1 unspecified atom stereocenters. The van der Waals surface area contributed by atoms with E-state index in [1.807, 2.05) is 0 Å². The van der Waals surface area contributed by atoms with E-state index in [0.717, 1.165) is 6.42 Å². The molecule has 7 heteroatoms. The van der Waals surface area contributed by atoms with Gasteiger partial charge in [0, 0.05) is 24.8 Å². The summed E-state index contributed by atoms with van der Waals surface area (Å²) in [5, 5.41) is 22.7.